The lowest BCUT2D eigenvalue weighted by atomic mass is 10.0. The number of nitrogens with zero attached hydrogens (tertiary/aromatic N) is 6. The Balaban J connectivity index is 1.31. The number of hydrogen-bond acceptors (Lipinski definition) is 7. The van der Waals surface area contributed by atoms with Crippen LogP contribution in [0.3, 0.4) is 0 Å². The summed E-state index contributed by atoms with van der Waals surface area (Å²) in [6.45, 7) is 1.12. The Hall–Kier alpha value is -4.04. The lowest BCUT2D eigenvalue weighted by Gasteiger charge is -2.18. The minimum Gasteiger partial charge on any atom is -0.465 e. The molecule has 2 aromatic carbocycles. The SMILES string of the molecule is COCCN(CCc1ccc(-c2cc(Cl)c3cn(C(C(=O)Nc4nccs4)c4ncn5c4CC(F)C5)nc3c2Cl)cc1)C(=O)O. The van der Waals surface area contributed by atoms with E-state index in [9.17, 15) is 19.1 Å². The quantitative estimate of drug-likeness (QED) is 0.178. The zero-order valence-corrected chi connectivity index (χ0v) is 26.3. The van der Waals surface area contributed by atoms with Gasteiger partial charge < -0.3 is 19.3 Å². The summed E-state index contributed by atoms with van der Waals surface area (Å²) in [5, 5.41) is 20.4. The summed E-state index contributed by atoms with van der Waals surface area (Å²) in [6.07, 6.45) is 3.38. The molecular formula is C30H28Cl2FN7O4S. The van der Waals surface area contributed by atoms with Gasteiger partial charge in [0.25, 0.3) is 5.91 Å². The molecule has 2 unspecified atom stereocenters. The van der Waals surface area contributed by atoms with Gasteiger partial charge in [0.15, 0.2) is 11.2 Å². The van der Waals surface area contributed by atoms with Crippen molar-refractivity contribution in [2.45, 2.75) is 31.6 Å². The molecule has 0 fully saturated rings. The minimum atomic E-state index is -1.06. The van der Waals surface area contributed by atoms with Crippen LogP contribution >= 0.6 is 34.5 Å². The third kappa shape index (κ3) is 6.39. The molecule has 2 atom stereocenters. The number of rotatable bonds is 11. The maximum atomic E-state index is 14.3. The fraction of sp³-hybridized carbons (Fsp3) is 0.300. The van der Waals surface area contributed by atoms with Gasteiger partial charge >= 0.3 is 6.09 Å². The molecule has 1 aliphatic rings. The van der Waals surface area contributed by atoms with Crippen molar-refractivity contribution in [2.24, 2.45) is 0 Å². The highest BCUT2D eigenvalue weighted by Crippen LogP contribution is 2.39. The van der Waals surface area contributed by atoms with E-state index in [0.717, 1.165) is 11.1 Å². The molecule has 15 heteroatoms. The van der Waals surface area contributed by atoms with Crippen molar-refractivity contribution in [1.29, 1.82) is 0 Å². The lowest BCUT2D eigenvalue weighted by Crippen LogP contribution is -2.34. The molecule has 6 rings (SSSR count). The second kappa shape index (κ2) is 13.1. The highest BCUT2D eigenvalue weighted by Gasteiger charge is 2.34. The minimum absolute atomic E-state index is 0.139. The monoisotopic (exact) mass is 671 g/mol. The van der Waals surface area contributed by atoms with Gasteiger partial charge in [0, 0.05) is 61.0 Å². The van der Waals surface area contributed by atoms with E-state index in [4.69, 9.17) is 33.0 Å². The van der Waals surface area contributed by atoms with Gasteiger partial charge in [0.2, 0.25) is 0 Å². The average molecular weight is 673 g/mol. The van der Waals surface area contributed by atoms with Crippen molar-refractivity contribution in [1.82, 2.24) is 29.2 Å². The predicted molar refractivity (Wildman–Crippen MR) is 170 cm³/mol. The number of carboxylic acid groups (broad SMARTS) is 1. The van der Waals surface area contributed by atoms with Crippen molar-refractivity contribution >= 4 is 62.6 Å². The van der Waals surface area contributed by atoms with Gasteiger partial charge in [-0.3, -0.25) is 14.8 Å². The maximum absolute atomic E-state index is 14.3. The van der Waals surface area contributed by atoms with Gasteiger partial charge in [-0.15, -0.1) is 11.3 Å². The third-order valence-electron chi connectivity index (χ3n) is 7.70. The molecule has 0 bridgehead atoms. The normalized spacial score (nSPS) is 14.9. The van der Waals surface area contributed by atoms with Crippen LogP contribution in [0, 0.1) is 0 Å². The highest BCUT2D eigenvalue weighted by atomic mass is 35.5. The number of carbonyl (C=O) groups is 2. The molecule has 5 aromatic rings. The Bertz CT molecular complexity index is 1850. The first-order chi connectivity index (χ1) is 21.7. The number of halogens is 3. The molecule has 45 heavy (non-hydrogen) atoms. The van der Waals surface area contributed by atoms with E-state index < -0.39 is 24.2 Å². The molecule has 1 aliphatic heterocycles. The largest absolute Gasteiger partial charge is 0.465 e. The standard InChI is InChI=1S/C30H28Cl2FN7O4S/c1-44-10-9-38(30(42)43)8-6-17-2-4-18(5-3-17)20-13-22(31)21-15-40(37-25(21)24(20)32)27(28(41)36-29-34-7-11-45-29)26-23-12-19(33)14-39(23)16-35-26/h2-5,7,11,13,15-16,19,27H,6,8-10,12,14H2,1H3,(H,42,43)(H,34,36,41). The van der Waals surface area contributed by atoms with Crippen LogP contribution in [0.2, 0.25) is 10.0 Å². The van der Waals surface area contributed by atoms with Gasteiger partial charge in [-0.25, -0.2) is 19.2 Å². The molecule has 234 valence electrons. The van der Waals surface area contributed by atoms with E-state index in [1.807, 2.05) is 24.3 Å². The number of nitrogens with one attached hydrogen (secondary N) is 1. The van der Waals surface area contributed by atoms with Crippen LogP contribution in [0.5, 0.6) is 0 Å². The number of imidazole rings is 1. The molecule has 2 amide bonds. The number of thiazole rings is 1. The molecular weight excluding hydrogens is 644 g/mol. The molecule has 4 heterocycles. The number of amides is 2. The fourth-order valence-electron chi connectivity index (χ4n) is 5.43. The van der Waals surface area contributed by atoms with Gasteiger partial charge in [-0.1, -0.05) is 47.5 Å². The van der Waals surface area contributed by atoms with Crippen molar-refractivity contribution in [3.8, 4) is 11.1 Å². The summed E-state index contributed by atoms with van der Waals surface area (Å²) in [6, 6.07) is 8.32. The number of ether oxygens (including phenoxy) is 1. The van der Waals surface area contributed by atoms with E-state index in [1.165, 1.54) is 34.4 Å². The van der Waals surface area contributed by atoms with E-state index in [2.05, 4.69) is 15.3 Å². The number of benzene rings is 2. The van der Waals surface area contributed by atoms with E-state index >= 15 is 0 Å². The number of hydrogen-bond donors (Lipinski definition) is 2. The van der Waals surface area contributed by atoms with Gasteiger partial charge in [0.05, 0.1) is 35.2 Å². The Morgan fingerprint density at radius 1 is 1.24 bits per heavy atom. The number of fused-ring (bicyclic) bond motifs is 2. The Morgan fingerprint density at radius 2 is 2.04 bits per heavy atom. The maximum Gasteiger partial charge on any atom is 0.407 e. The number of anilines is 1. The fourth-order valence-corrected chi connectivity index (χ4v) is 6.52. The average Bonchev–Trinajstić information content (AvgIpc) is 3.82. The van der Waals surface area contributed by atoms with Crippen LogP contribution < -0.4 is 5.32 Å². The first kappa shape index (κ1) is 31.0. The Kier molecular flexibility index (Phi) is 9.04. The van der Waals surface area contributed by atoms with Crippen LogP contribution in [-0.4, -0.2) is 79.3 Å². The molecule has 0 aliphatic carbocycles. The topological polar surface area (TPSA) is 127 Å². The van der Waals surface area contributed by atoms with E-state index in [0.29, 0.717) is 62.6 Å². The second-order valence-corrected chi connectivity index (χ2v) is 12.2. The van der Waals surface area contributed by atoms with Crippen molar-refractivity contribution in [2.75, 3.05) is 32.1 Å². The van der Waals surface area contributed by atoms with Crippen molar-refractivity contribution < 1.29 is 23.8 Å². The molecule has 0 spiro atoms. The first-order valence-corrected chi connectivity index (χ1v) is 15.7. The van der Waals surface area contributed by atoms with Gasteiger partial charge in [-0.05, 0) is 23.6 Å². The summed E-state index contributed by atoms with van der Waals surface area (Å²) < 4.78 is 22.5. The van der Waals surface area contributed by atoms with Crippen LogP contribution in [0.25, 0.3) is 22.0 Å². The molecule has 3 aromatic heterocycles. The van der Waals surface area contributed by atoms with Crippen LogP contribution in [0.15, 0.2) is 54.4 Å². The Labute approximate surface area is 271 Å². The summed E-state index contributed by atoms with van der Waals surface area (Å²) in [7, 11) is 1.53. The molecule has 11 nitrogen and oxygen atoms in total. The molecule has 2 N–H and O–H groups in total. The van der Waals surface area contributed by atoms with Crippen LogP contribution in [0.4, 0.5) is 14.3 Å². The van der Waals surface area contributed by atoms with E-state index in [-0.39, 0.29) is 19.5 Å². The molecule has 0 saturated heterocycles. The number of alkyl halides is 1. The summed E-state index contributed by atoms with van der Waals surface area (Å²) in [5.74, 6) is -0.437. The summed E-state index contributed by atoms with van der Waals surface area (Å²) >= 11 is 15.0. The highest BCUT2D eigenvalue weighted by molar-refractivity contribution is 7.13. The van der Waals surface area contributed by atoms with Crippen molar-refractivity contribution in [3.05, 3.63) is 81.4 Å². The molecule has 0 radical (unpaired) electrons. The van der Waals surface area contributed by atoms with Crippen LogP contribution in [0.1, 0.15) is 23.0 Å². The number of carbonyl (C=O) groups excluding carboxylic acids is 1. The van der Waals surface area contributed by atoms with E-state index in [1.54, 1.807) is 28.4 Å². The zero-order valence-electron chi connectivity index (χ0n) is 24.0. The lowest BCUT2D eigenvalue weighted by molar-refractivity contribution is -0.118. The summed E-state index contributed by atoms with van der Waals surface area (Å²) in [4.78, 5) is 35.2. The second-order valence-electron chi connectivity index (χ2n) is 10.6. The van der Waals surface area contributed by atoms with Gasteiger partial charge in [-0.2, -0.15) is 5.10 Å². The predicted octanol–water partition coefficient (Wildman–Crippen LogP) is 5.95. The van der Waals surface area contributed by atoms with Gasteiger partial charge in [0.1, 0.15) is 11.7 Å². The summed E-state index contributed by atoms with van der Waals surface area (Å²) in [5.41, 5.74) is 3.80. The third-order valence-corrected chi connectivity index (χ3v) is 9.08. The van der Waals surface area contributed by atoms with Crippen molar-refractivity contribution in [3.63, 3.8) is 0 Å². The zero-order chi connectivity index (χ0) is 31.7. The number of methoxy groups -OCH3 is 1. The molecule has 0 saturated carbocycles. The smallest absolute Gasteiger partial charge is 0.407 e. The first-order valence-electron chi connectivity index (χ1n) is 14.0. The van der Waals surface area contributed by atoms with Crippen LogP contribution in [-0.2, 0) is 28.9 Å². The Morgan fingerprint density at radius 3 is 2.76 bits per heavy atom. The number of aromatic nitrogens is 5.